The van der Waals surface area contributed by atoms with Gasteiger partial charge in [0.05, 0.1) is 7.11 Å². The van der Waals surface area contributed by atoms with E-state index in [1.807, 2.05) is 43.3 Å². The number of methoxy groups -OCH3 is 1. The Balaban J connectivity index is 2.14. The molecule has 1 aromatic heterocycles. The fourth-order valence-electron chi connectivity index (χ4n) is 2.10. The summed E-state index contributed by atoms with van der Waals surface area (Å²) in [5.74, 6) is 1.21. The van der Waals surface area contributed by atoms with Crippen LogP contribution >= 0.6 is 12.2 Å². The van der Waals surface area contributed by atoms with E-state index in [0.29, 0.717) is 17.3 Å². The van der Waals surface area contributed by atoms with Crippen molar-refractivity contribution < 1.29 is 9.47 Å². The number of anilines is 1. The van der Waals surface area contributed by atoms with Gasteiger partial charge in [0, 0.05) is 5.69 Å². The maximum absolute atomic E-state index is 5.57. The van der Waals surface area contributed by atoms with Crippen molar-refractivity contribution >= 4 is 23.1 Å². The second-order valence-electron chi connectivity index (χ2n) is 4.89. The number of nitrogens with one attached hydrogen (secondary N) is 1. The van der Waals surface area contributed by atoms with Crippen molar-refractivity contribution in [2.75, 3.05) is 12.4 Å². The first-order valence-electron chi connectivity index (χ1n) is 7.22. The average Bonchev–Trinajstić information content (AvgIpc) is 2.51. The van der Waals surface area contributed by atoms with Crippen LogP contribution in [0.3, 0.4) is 0 Å². The summed E-state index contributed by atoms with van der Waals surface area (Å²) in [6.45, 7) is 4.16. The highest BCUT2D eigenvalue weighted by Gasteiger charge is 2.11. The molecule has 0 aliphatic rings. The molecule has 5 heteroatoms. The van der Waals surface area contributed by atoms with E-state index in [4.69, 9.17) is 21.7 Å². The molecule has 0 spiro atoms. The minimum absolute atomic E-state index is 0.258. The van der Waals surface area contributed by atoms with Crippen LogP contribution in [0.2, 0.25) is 0 Å². The minimum Gasteiger partial charge on any atom is -0.480 e. The summed E-state index contributed by atoms with van der Waals surface area (Å²) in [5.41, 5.74) is 2.85. The molecule has 4 nitrogen and oxygen atoms in total. The normalized spacial score (nSPS) is 10.1. The summed E-state index contributed by atoms with van der Waals surface area (Å²) in [6.07, 6.45) is 1.97. The quantitative estimate of drug-likeness (QED) is 0.840. The Morgan fingerprint density at radius 3 is 2.64 bits per heavy atom. The van der Waals surface area contributed by atoms with Gasteiger partial charge in [-0.1, -0.05) is 31.5 Å². The SMILES string of the molecule is CCCc1nc(OC)c(NC(=S)Oc2ccccc2)cc1C. The van der Waals surface area contributed by atoms with E-state index in [0.717, 1.165) is 24.1 Å². The maximum atomic E-state index is 5.57. The molecule has 1 heterocycles. The number of para-hydroxylation sites is 1. The van der Waals surface area contributed by atoms with Crippen molar-refractivity contribution in [2.24, 2.45) is 0 Å². The molecule has 0 aliphatic carbocycles. The van der Waals surface area contributed by atoms with E-state index < -0.39 is 0 Å². The zero-order valence-electron chi connectivity index (χ0n) is 13.1. The van der Waals surface area contributed by atoms with Crippen molar-refractivity contribution in [2.45, 2.75) is 26.7 Å². The van der Waals surface area contributed by atoms with Gasteiger partial charge in [0.1, 0.15) is 11.4 Å². The van der Waals surface area contributed by atoms with Gasteiger partial charge in [-0.3, -0.25) is 0 Å². The summed E-state index contributed by atoms with van der Waals surface area (Å²) < 4.78 is 10.9. The van der Waals surface area contributed by atoms with Crippen LogP contribution in [0.25, 0.3) is 0 Å². The zero-order valence-corrected chi connectivity index (χ0v) is 13.9. The fourth-order valence-corrected chi connectivity index (χ4v) is 2.30. The van der Waals surface area contributed by atoms with Gasteiger partial charge in [-0.15, -0.1) is 0 Å². The fraction of sp³-hybridized carbons (Fsp3) is 0.294. The summed E-state index contributed by atoms with van der Waals surface area (Å²) in [6, 6.07) is 11.4. The molecule has 1 aromatic carbocycles. The molecule has 0 unspecified atom stereocenters. The number of aryl methyl sites for hydroxylation is 2. The highest BCUT2D eigenvalue weighted by atomic mass is 32.1. The largest absolute Gasteiger partial charge is 0.480 e. The average molecular weight is 316 g/mol. The van der Waals surface area contributed by atoms with Crippen LogP contribution in [0.1, 0.15) is 24.6 Å². The van der Waals surface area contributed by atoms with Crippen molar-refractivity contribution in [3.63, 3.8) is 0 Å². The topological polar surface area (TPSA) is 43.4 Å². The Morgan fingerprint density at radius 2 is 2.00 bits per heavy atom. The first kappa shape index (κ1) is 16.2. The molecule has 0 atom stereocenters. The number of hydrogen-bond donors (Lipinski definition) is 1. The van der Waals surface area contributed by atoms with Gasteiger partial charge in [0.25, 0.3) is 5.17 Å². The van der Waals surface area contributed by atoms with Gasteiger partial charge < -0.3 is 14.8 Å². The molecule has 0 bridgehead atoms. The Morgan fingerprint density at radius 1 is 1.27 bits per heavy atom. The third kappa shape index (κ3) is 4.18. The minimum atomic E-state index is 0.258. The molecule has 2 rings (SSSR count). The predicted octanol–water partition coefficient (Wildman–Crippen LogP) is 4.13. The second-order valence-corrected chi connectivity index (χ2v) is 5.26. The lowest BCUT2D eigenvalue weighted by atomic mass is 10.1. The van der Waals surface area contributed by atoms with Crippen molar-refractivity contribution in [3.8, 4) is 11.6 Å². The Kier molecular flexibility index (Phi) is 5.72. The molecular formula is C17H20N2O2S. The Labute approximate surface area is 136 Å². The highest BCUT2D eigenvalue weighted by Crippen LogP contribution is 2.25. The molecule has 2 aromatic rings. The molecule has 0 amide bonds. The van der Waals surface area contributed by atoms with Crippen molar-refractivity contribution in [3.05, 3.63) is 47.7 Å². The van der Waals surface area contributed by atoms with Crippen LogP contribution in [0, 0.1) is 6.92 Å². The van der Waals surface area contributed by atoms with E-state index in [1.165, 1.54) is 0 Å². The number of aromatic nitrogens is 1. The third-order valence-electron chi connectivity index (χ3n) is 3.15. The van der Waals surface area contributed by atoms with Crippen molar-refractivity contribution in [1.29, 1.82) is 0 Å². The monoisotopic (exact) mass is 316 g/mol. The van der Waals surface area contributed by atoms with Gasteiger partial charge in [0.2, 0.25) is 5.88 Å². The van der Waals surface area contributed by atoms with E-state index in [1.54, 1.807) is 7.11 Å². The van der Waals surface area contributed by atoms with Crippen molar-refractivity contribution in [1.82, 2.24) is 4.98 Å². The highest BCUT2D eigenvalue weighted by molar-refractivity contribution is 7.80. The summed E-state index contributed by atoms with van der Waals surface area (Å²) >= 11 is 5.24. The number of thiocarbonyl (C=S) groups is 1. The first-order valence-corrected chi connectivity index (χ1v) is 7.63. The molecule has 1 N–H and O–H groups in total. The Bertz CT molecular complexity index is 645. The second kappa shape index (κ2) is 7.75. The van der Waals surface area contributed by atoms with E-state index in [9.17, 15) is 0 Å². The molecule has 0 saturated carbocycles. The number of nitrogens with zero attached hydrogens (tertiary/aromatic N) is 1. The molecule has 0 radical (unpaired) electrons. The Hall–Kier alpha value is -2.14. The van der Waals surface area contributed by atoms with Crippen LogP contribution in [-0.2, 0) is 6.42 Å². The first-order chi connectivity index (χ1) is 10.6. The van der Waals surface area contributed by atoms with Gasteiger partial charge in [0.15, 0.2) is 0 Å². The number of rotatable bonds is 5. The lowest BCUT2D eigenvalue weighted by Crippen LogP contribution is -2.17. The van der Waals surface area contributed by atoms with Gasteiger partial charge in [-0.05, 0) is 49.3 Å². The smallest absolute Gasteiger partial charge is 0.266 e. The molecule has 0 aliphatic heterocycles. The number of hydrogen-bond acceptors (Lipinski definition) is 4. The summed E-state index contributed by atoms with van der Waals surface area (Å²) in [4.78, 5) is 4.54. The predicted molar refractivity (Wildman–Crippen MR) is 92.8 cm³/mol. The molecule has 22 heavy (non-hydrogen) atoms. The number of benzene rings is 1. The van der Waals surface area contributed by atoms with Crippen LogP contribution in [0.4, 0.5) is 5.69 Å². The number of ether oxygens (including phenoxy) is 2. The van der Waals surface area contributed by atoms with Crippen LogP contribution < -0.4 is 14.8 Å². The van der Waals surface area contributed by atoms with Crippen LogP contribution in [0.5, 0.6) is 11.6 Å². The molecule has 0 saturated heterocycles. The van der Waals surface area contributed by atoms with Crippen LogP contribution in [0.15, 0.2) is 36.4 Å². The van der Waals surface area contributed by atoms with E-state index in [-0.39, 0.29) is 5.17 Å². The maximum Gasteiger partial charge on any atom is 0.266 e. The van der Waals surface area contributed by atoms with Gasteiger partial charge in [-0.2, -0.15) is 0 Å². The van der Waals surface area contributed by atoms with E-state index >= 15 is 0 Å². The summed E-state index contributed by atoms with van der Waals surface area (Å²) in [5, 5.41) is 3.30. The van der Waals surface area contributed by atoms with Gasteiger partial charge >= 0.3 is 0 Å². The summed E-state index contributed by atoms with van der Waals surface area (Å²) in [7, 11) is 1.60. The standard InChI is InChI=1S/C17H20N2O2S/c1-4-8-14-12(2)11-15(16(18-14)20-3)19-17(22)21-13-9-6-5-7-10-13/h5-7,9-11H,4,8H2,1-3H3,(H,19,22). The number of pyridine rings is 1. The third-order valence-corrected chi connectivity index (χ3v) is 3.34. The zero-order chi connectivity index (χ0) is 15.9. The van der Waals surface area contributed by atoms with Gasteiger partial charge in [-0.25, -0.2) is 4.98 Å². The lowest BCUT2D eigenvalue weighted by molar-refractivity contribution is 0.398. The van der Waals surface area contributed by atoms with Crippen LogP contribution in [-0.4, -0.2) is 17.3 Å². The van der Waals surface area contributed by atoms with E-state index in [2.05, 4.69) is 17.2 Å². The molecular weight excluding hydrogens is 296 g/mol. The molecule has 0 fully saturated rings. The molecule has 116 valence electrons. The lowest BCUT2D eigenvalue weighted by Gasteiger charge is -2.14.